The molecule has 5 heteroatoms. The summed E-state index contributed by atoms with van der Waals surface area (Å²) in [6, 6.07) is 25.1. The minimum Gasteiger partial charge on any atom is -0.462 e. The van der Waals surface area contributed by atoms with Gasteiger partial charge in [0.05, 0.1) is 12.2 Å². The number of hydrogen-bond donors (Lipinski definition) is 1. The van der Waals surface area contributed by atoms with Crippen LogP contribution in [-0.4, -0.2) is 22.8 Å². The van der Waals surface area contributed by atoms with E-state index in [1.807, 2.05) is 72.8 Å². The molecule has 0 saturated carbocycles. The molecule has 28 heavy (non-hydrogen) atoms. The van der Waals surface area contributed by atoms with Crippen LogP contribution in [0.3, 0.4) is 0 Å². The molecule has 0 unspecified atom stereocenters. The first kappa shape index (κ1) is 17.7. The summed E-state index contributed by atoms with van der Waals surface area (Å²) >= 11 is 0. The van der Waals surface area contributed by atoms with Crippen molar-refractivity contribution in [1.29, 1.82) is 0 Å². The fourth-order valence-electron chi connectivity index (χ4n) is 3.06. The zero-order valence-electron chi connectivity index (χ0n) is 15.4. The summed E-state index contributed by atoms with van der Waals surface area (Å²) in [5, 5.41) is 13.9. The van der Waals surface area contributed by atoms with Crippen LogP contribution in [-0.2, 0) is 4.74 Å². The molecule has 0 aliphatic heterocycles. The van der Waals surface area contributed by atoms with E-state index in [0.29, 0.717) is 18.0 Å². The molecule has 0 atom stereocenters. The van der Waals surface area contributed by atoms with Crippen molar-refractivity contribution < 1.29 is 9.53 Å². The third-order valence-corrected chi connectivity index (χ3v) is 4.37. The zero-order chi connectivity index (χ0) is 19.3. The van der Waals surface area contributed by atoms with Gasteiger partial charge in [0.1, 0.15) is 5.69 Å². The molecule has 138 valence electrons. The minimum atomic E-state index is -0.349. The van der Waals surface area contributed by atoms with Crippen LogP contribution in [0, 0.1) is 0 Å². The number of benzene rings is 3. The molecule has 0 amide bonds. The van der Waals surface area contributed by atoms with Crippen LogP contribution >= 0.6 is 0 Å². The molecule has 4 rings (SSSR count). The SMILES string of the molecule is CCOC(=O)c1ccc2c(Nc3ccccc3)nnc(-c3ccccc3)c2c1. The number of esters is 1. The second-order valence-electron chi connectivity index (χ2n) is 6.24. The molecule has 0 radical (unpaired) electrons. The molecular weight excluding hydrogens is 350 g/mol. The molecule has 0 spiro atoms. The van der Waals surface area contributed by atoms with Crippen molar-refractivity contribution in [2.75, 3.05) is 11.9 Å². The summed E-state index contributed by atoms with van der Waals surface area (Å²) in [7, 11) is 0. The van der Waals surface area contributed by atoms with Gasteiger partial charge in [-0.15, -0.1) is 10.2 Å². The molecule has 0 aliphatic carbocycles. The van der Waals surface area contributed by atoms with E-state index in [2.05, 4.69) is 15.5 Å². The first-order valence-electron chi connectivity index (χ1n) is 9.11. The fourth-order valence-corrected chi connectivity index (χ4v) is 3.06. The molecule has 0 aliphatic rings. The normalized spacial score (nSPS) is 10.6. The maximum atomic E-state index is 12.2. The Morgan fingerprint density at radius 3 is 2.32 bits per heavy atom. The Morgan fingerprint density at radius 2 is 1.61 bits per heavy atom. The lowest BCUT2D eigenvalue weighted by molar-refractivity contribution is 0.0526. The van der Waals surface area contributed by atoms with Gasteiger partial charge in [-0.1, -0.05) is 48.5 Å². The van der Waals surface area contributed by atoms with E-state index in [9.17, 15) is 4.79 Å². The van der Waals surface area contributed by atoms with E-state index in [1.165, 1.54) is 0 Å². The van der Waals surface area contributed by atoms with E-state index in [4.69, 9.17) is 4.74 Å². The Kier molecular flexibility index (Phi) is 4.97. The zero-order valence-corrected chi connectivity index (χ0v) is 15.4. The number of para-hydroxylation sites is 1. The first-order chi connectivity index (χ1) is 13.8. The van der Waals surface area contributed by atoms with Crippen molar-refractivity contribution in [3.05, 3.63) is 84.4 Å². The standard InChI is InChI=1S/C23H19N3O2/c1-2-28-23(27)17-13-14-19-20(15-17)21(16-9-5-3-6-10-16)25-26-22(19)24-18-11-7-4-8-12-18/h3-15H,2H2,1H3,(H,24,26). The van der Waals surface area contributed by atoms with Gasteiger partial charge in [-0.2, -0.15) is 0 Å². The molecule has 1 aromatic heterocycles. The summed E-state index contributed by atoms with van der Waals surface area (Å²) in [5.74, 6) is 0.286. The molecule has 0 fully saturated rings. The highest BCUT2D eigenvalue weighted by atomic mass is 16.5. The third kappa shape index (κ3) is 3.55. The van der Waals surface area contributed by atoms with Gasteiger partial charge in [0, 0.05) is 22.0 Å². The number of carbonyl (C=O) groups excluding carboxylic acids is 1. The van der Waals surface area contributed by atoms with E-state index in [0.717, 1.165) is 27.7 Å². The Hall–Kier alpha value is -3.73. The van der Waals surface area contributed by atoms with Crippen LogP contribution < -0.4 is 5.32 Å². The lowest BCUT2D eigenvalue weighted by atomic mass is 10.0. The molecule has 5 nitrogen and oxygen atoms in total. The van der Waals surface area contributed by atoms with Gasteiger partial charge >= 0.3 is 5.97 Å². The molecular formula is C23H19N3O2. The molecule has 4 aromatic rings. The van der Waals surface area contributed by atoms with Crippen LogP contribution in [0.2, 0.25) is 0 Å². The van der Waals surface area contributed by atoms with Crippen LogP contribution in [0.4, 0.5) is 11.5 Å². The number of nitrogens with one attached hydrogen (secondary N) is 1. The minimum absolute atomic E-state index is 0.331. The summed E-state index contributed by atoms with van der Waals surface area (Å²) in [6.07, 6.45) is 0. The van der Waals surface area contributed by atoms with Gasteiger partial charge in [0.2, 0.25) is 0 Å². The van der Waals surface area contributed by atoms with Crippen LogP contribution in [0.15, 0.2) is 78.9 Å². The number of fused-ring (bicyclic) bond motifs is 1. The van der Waals surface area contributed by atoms with Crippen molar-refractivity contribution in [2.45, 2.75) is 6.92 Å². The van der Waals surface area contributed by atoms with Crippen LogP contribution in [0.1, 0.15) is 17.3 Å². The Labute approximate surface area is 163 Å². The van der Waals surface area contributed by atoms with Crippen molar-refractivity contribution in [3.63, 3.8) is 0 Å². The first-order valence-corrected chi connectivity index (χ1v) is 9.11. The predicted molar refractivity (Wildman–Crippen MR) is 111 cm³/mol. The molecule has 0 bridgehead atoms. The number of ether oxygens (including phenoxy) is 1. The summed E-state index contributed by atoms with van der Waals surface area (Å²) < 4.78 is 5.16. The van der Waals surface area contributed by atoms with Crippen molar-refractivity contribution in [1.82, 2.24) is 10.2 Å². The van der Waals surface area contributed by atoms with Crippen molar-refractivity contribution in [2.24, 2.45) is 0 Å². The van der Waals surface area contributed by atoms with E-state index in [-0.39, 0.29) is 5.97 Å². The maximum absolute atomic E-state index is 12.2. The average molecular weight is 369 g/mol. The van der Waals surface area contributed by atoms with Crippen molar-refractivity contribution >= 4 is 28.2 Å². The number of aromatic nitrogens is 2. The van der Waals surface area contributed by atoms with Gasteiger partial charge in [0.15, 0.2) is 5.82 Å². The van der Waals surface area contributed by atoms with Gasteiger partial charge < -0.3 is 10.1 Å². The van der Waals surface area contributed by atoms with Crippen LogP contribution in [0.5, 0.6) is 0 Å². The molecule has 1 N–H and O–H groups in total. The highest BCUT2D eigenvalue weighted by molar-refractivity contribution is 6.04. The smallest absolute Gasteiger partial charge is 0.338 e. The van der Waals surface area contributed by atoms with Gasteiger partial charge in [-0.3, -0.25) is 0 Å². The topological polar surface area (TPSA) is 64.1 Å². The second kappa shape index (κ2) is 7.88. The summed E-state index contributed by atoms with van der Waals surface area (Å²) in [4.78, 5) is 12.2. The molecule has 1 heterocycles. The number of nitrogens with zero attached hydrogens (tertiary/aromatic N) is 2. The summed E-state index contributed by atoms with van der Waals surface area (Å²) in [5.41, 5.74) is 3.07. The third-order valence-electron chi connectivity index (χ3n) is 4.37. The Morgan fingerprint density at radius 1 is 0.893 bits per heavy atom. The van der Waals surface area contributed by atoms with Gasteiger partial charge in [-0.25, -0.2) is 4.79 Å². The van der Waals surface area contributed by atoms with E-state index >= 15 is 0 Å². The quantitative estimate of drug-likeness (QED) is 0.489. The summed E-state index contributed by atoms with van der Waals surface area (Å²) in [6.45, 7) is 2.12. The number of anilines is 2. The lowest BCUT2D eigenvalue weighted by Gasteiger charge is -2.12. The largest absolute Gasteiger partial charge is 0.462 e. The van der Waals surface area contributed by atoms with E-state index < -0.39 is 0 Å². The number of hydrogen-bond acceptors (Lipinski definition) is 5. The Bertz CT molecular complexity index is 1110. The monoisotopic (exact) mass is 369 g/mol. The highest BCUT2D eigenvalue weighted by Crippen LogP contribution is 2.32. The van der Waals surface area contributed by atoms with E-state index in [1.54, 1.807) is 13.0 Å². The van der Waals surface area contributed by atoms with Gasteiger partial charge in [-0.05, 0) is 37.3 Å². The fraction of sp³-hybridized carbons (Fsp3) is 0.0870. The number of rotatable bonds is 5. The molecule has 0 saturated heterocycles. The van der Waals surface area contributed by atoms with Crippen molar-refractivity contribution in [3.8, 4) is 11.3 Å². The maximum Gasteiger partial charge on any atom is 0.338 e. The molecule has 3 aromatic carbocycles. The predicted octanol–water partition coefficient (Wildman–Crippen LogP) is 5.22. The average Bonchev–Trinajstić information content (AvgIpc) is 2.75. The van der Waals surface area contributed by atoms with Crippen LogP contribution in [0.25, 0.3) is 22.0 Å². The highest BCUT2D eigenvalue weighted by Gasteiger charge is 2.15. The number of carbonyl (C=O) groups is 1. The van der Waals surface area contributed by atoms with Gasteiger partial charge in [0.25, 0.3) is 0 Å². The lowest BCUT2D eigenvalue weighted by Crippen LogP contribution is -2.05. The second-order valence-corrected chi connectivity index (χ2v) is 6.24. The Balaban J connectivity index is 1.88.